The second-order valence-electron chi connectivity index (χ2n) is 7.65. The van der Waals surface area contributed by atoms with E-state index >= 15 is 0 Å². The first-order valence-electron chi connectivity index (χ1n) is 10.8. The van der Waals surface area contributed by atoms with Gasteiger partial charge in [-0.05, 0) is 30.7 Å². The molecule has 0 spiro atoms. The van der Waals surface area contributed by atoms with Crippen molar-refractivity contribution in [3.8, 4) is 22.9 Å². The average molecular weight is 475 g/mol. The van der Waals surface area contributed by atoms with Gasteiger partial charge >= 0.3 is 0 Å². The van der Waals surface area contributed by atoms with Crippen molar-refractivity contribution in [1.82, 2.24) is 14.8 Å². The standard InChI is InChI=1S/C26H26N4O3S/c1-18-8-7-11-20(14-18)25-28-29-26(30(25)16-19-9-5-4-6-10-19)34-17-24(31)27-22-13-12-21(32-2)15-23(22)33-3/h4-15H,16-17H2,1-3H3,(H,27,31). The van der Waals surface area contributed by atoms with Crippen molar-refractivity contribution >= 4 is 23.4 Å². The summed E-state index contributed by atoms with van der Waals surface area (Å²) in [5, 5.41) is 12.4. The van der Waals surface area contributed by atoms with E-state index in [1.807, 2.05) is 30.3 Å². The van der Waals surface area contributed by atoms with Crippen LogP contribution in [0.5, 0.6) is 11.5 Å². The molecule has 0 unspecified atom stereocenters. The van der Waals surface area contributed by atoms with Crippen LogP contribution in [0.15, 0.2) is 78.0 Å². The van der Waals surface area contributed by atoms with Gasteiger partial charge in [0.25, 0.3) is 0 Å². The summed E-state index contributed by atoms with van der Waals surface area (Å²) < 4.78 is 12.6. The number of thioether (sulfide) groups is 1. The van der Waals surface area contributed by atoms with E-state index in [4.69, 9.17) is 9.47 Å². The summed E-state index contributed by atoms with van der Waals surface area (Å²) in [4.78, 5) is 12.7. The molecule has 1 amide bonds. The Morgan fingerprint density at radius 1 is 0.971 bits per heavy atom. The summed E-state index contributed by atoms with van der Waals surface area (Å²) in [6.45, 7) is 2.65. The van der Waals surface area contributed by atoms with Gasteiger partial charge in [-0.15, -0.1) is 10.2 Å². The Bertz CT molecular complexity index is 1270. The minimum Gasteiger partial charge on any atom is -0.497 e. The van der Waals surface area contributed by atoms with Crippen LogP contribution in [-0.4, -0.2) is 40.6 Å². The average Bonchev–Trinajstić information content (AvgIpc) is 3.26. The molecule has 0 saturated carbocycles. The van der Waals surface area contributed by atoms with Crippen LogP contribution >= 0.6 is 11.8 Å². The highest BCUT2D eigenvalue weighted by Crippen LogP contribution is 2.30. The molecule has 0 aliphatic carbocycles. The van der Waals surface area contributed by atoms with E-state index in [1.165, 1.54) is 11.8 Å². The summed E-state index contributed by atoms with van der Waals surface area (Å²) >= 11 is 1.35. The molecule has 7 nitrogen and oxygen atoms in total. The third kappa shape index (κ3) is 5.58. The smallest absolute Gasteiger partial charge is 0.234 e. The molecule has 0 bridgehead atoms. The Morgan fingerprint density at radius 3 is 2.53 bits per heavy atom. The van der Waals surface area contributed by atoms with Gasteiger partial charge in [0.2, 0.25) is 5.91 Å². The highest BCUT2D eigenvalue weighted by atomic mass is 32.2. The van der Waals surface area contributed by atoms with Gasteiger partial charge in [0.1, 0.15) is 11.5 Å². The first kappa shape index (κ1) is 23.4. The Hall–Kier alpha value is -3.78. The van der Waals surface area contributed by atoms with Crippen LogP contribution in [-0.2, 0) is 11.3 Å². The SMILES string of the molecule is COc1ccc(NC(=O)CSc2nnc(-c3cccc(C)c3)n2Cc2ccccc2)c(OC)c1. The quantitative estimate of drug-likeness (QED) is 0.342. The van der Waals surface area contributed by atoms with Gasteiger partial charge in [-0.3, -0.25) is 9.36 Å². The third-order valence-corrected chi connectivity index (χ3v) is 6.16. The van der Waals surface area contributed by atoms with Gasteiger partial charge < -0.3 is 14.8 Å². The molecule has 1 aromatic heterocycles. The fraction of sp³-hybridized carbons (Fsp3) is 0.192. The predicted octanol–water partition coefficient (Wildman–Crippen LogP) is 5.05. The second-order valence-corrected chi connectivity index (χ2v) is 8.59. The van der Waals surface area contributed by atoms with Crippen molar-refractivity contribution in [2.75, 3.05) is 25.3 Å². The van der Waals surface area contributed by atoms with E-state index < -0.39 is 0 Å². The predicted molar refractivity (Wildman–Crippen MR) is 135 cm³/mol. The van der Waals surface area contributed by atoms with Crippen molar-refractivity contribution in [3.63, 3.8) is 0 Å². The number of carbonyl (C=O) groups excluding carboxylic acids is 1. The zero-order valence-corrected chi connectivity index (χ0v) is 20.1. The number of hydrogen-bond acceptors (Lipinski definition) is 6. The number of methoxy groups -OCH3 is 2. The molecule has 0 atom stereocenters. The lowest BCUT2D eigenvalue weighted by molar-refractivity contribution is -0.113. The normalized spacial score (nSPS) is 10.7. The van der Waals surface area contributed by atoms with Gasteiger partial charge in [0.05, 0.1) is 32.2 Å². The van der Waals surface area contributed by atoms with Gasteiger partial charge in [-0.25, -0.2) is 0 Å². The van der Waals surface area contributed by atoms with Crippen LogP contribution in [0.2, 0.25) is 0 Å². The van der Waals surface area contributed by atoms with Crippen molar-refractivity contribution in [2.24, 2.45) is 0 Å². The molecule has 174 valence electrons. The number of ether oxygens (including phenoxy) is 2. The van der Waals surface area contributed by atoms with Crippen LogP contribution in [0, 0.1) is 6.92 Å². The lowest BCUT2D eigenvalue weighted by atomic mass is 10.1. The van der Waals surface area contributed by atoms with Crippen LogP contribution in [0.25, 0.3) is 11.4 Å². The molecule has 0 saturated heterocycles. The first-order chi connectivity index (χ1) is 16.6. The summed E-state index contributed by atoms with van der Waals surface area (Å²) in [5.41, 5.74) is 3.85. The number of hydrogen-bond donors (Lipinski definition) is 1. The number of aryl methyl sites for hydroxylation is 1. The van der Waals surface area contributed by atoms with Gasteiger partial charge in [-0.2, -0.15) is 0 Å². The van der Waals surface area contributed by atoms with Crippen LogP contribution in [0.4, 0.5) is 5.69 Å². The molecule has 1 N–H and O–H groups in total. The van der Waals surface area contributed by atoms with E-state index in [0.29, 0.717) is 28.9 Å². The Kier molecular flexibility index (Phi) is 7.49. The Balaban J connectivity index is 1.54. The van der Waals surface area contributed by atoms with Crippen molar-refractivity contribution in [1.29, 1.82) is 0 Å². The summed E-state index contributed by atoms with van der Waals surface area (Å²) in [6, 6.07) is 23.6. The minimum atomic E-state index is -0.167. The van der Waals surface area contributed by atoms with Crippen molar-refractivity contribution < 1.29 is 14.3 Å². The van der Waals surface area contributed by atoms with Gasteiger partial charge in [0, 0.05) is 11.6 Å². The molecule has 4 rings (SSSR count). The molecule has 0 aliphatic rings. The number of amides is 1. The number of nitrogens with zero attached hydrogens (tertiary/aromatic N) is 3. The Morgan fingerprint density at radius 2 is 1.79 bits per heavy atom. The van der Waals surface area contributed by atoms with Gasteiger partial charge in [0.15, 0.2) is 11.0 Å². The zero-order chi connectivity index (χ0) is 23.9. The van der Waals surface area contributed by atoms with Crippen LogP contribution < -0.4 is 14.8 Å². The highest BCUT2D eigenvalue weighted by Gasteiger charge is 2.17. The number of carbonyl (C=O) groups is 1. The summed E-state index contributed by atoms with van der Waals surface area (Å²) in [7, 11) is 3.14. The van der Waals surface area contributed by atoms with Crippen molar-refractivity contribution in [3.05, 3.63) is 83.9 Å². The lowest BCUT2D eigenvalue weighted by Gasteiger charge is -2.12. The van der Waals surface area contributed by atoms with E-state index in [9.17, 15) is 4.79 Å². The number of nitrogens with one attached hydrogen (secondary N) is 1. The largest absolute Gasteiger partial charge is 0.497 e. The van der Waals surface area contributed by atoms with Crippen molar-refractivity contribution in [2.45, 2.75) is 18.6 Å². The van der Waals surface area contributed by atoms with E-state index in [2.05, 4.69) is 51.3 Å². The van der Waals surface area contributed by atoms with Crippen LogP contribution in [0.1, 0.15) is 11.1 Å². The fourth-order valence-electron chi connectivity index (χ4n) is 3.52. The maximum Gasteiger partial charge on any atom is 0.234 e. The number of benzene rings is 3. The second kappa shape index (κ2) is 10.9. The summed E-state index contributed by atoms with van der Waals surface area (Å²) in [6.07, 6.45) is 0. The first-order valence-corrected chi connectivity index (χ1v) is 11.7. The maximum absolute atomic E-state index is 12.7. The van der Waals surface area contributed by atoms with E-state index in [0.717, 1.165) is 22.5 Å². The lowest BCUT2D eigenvalue weighted by Crippen LogP contribution is -2.15. The molecule has 0 radical (unpaired) electrons. The molecule has 1 heterocycles. The maximum atomic E-state index is 12.7. The van der Waals surface area contributed by atoms with Crippen LogP contribution in [0.3, 0.4) is 0 Å². The minimum absolute atomic E-state index is 0.167. The molecular formula is C26H26N4O3S. The van der Waals surface area contributed by atoms with Gasteiger partial charge in [-0.1, -0.05) is 65.9 Å². The number of anilines is 1. The number of rotatable bonds is 9. The molecule has 0 fully saturated rings. The molecular weight excluding hydrogens is 448 g/mol. The van der Waals surface area contributed by atoms with E-state index in [-0.39, 0.29) is 11.7 Å². The highest BCUT2D eigenvalue weighted by molar-refractivity contribution is 7.99. The molecule has 0 aliphatic heterocycles. The molecule has 34 heavy (non-hydrogen) atoms. The molecule has 8 heteroatoms. The number of aromatic nitrogens is 3. The summed E-state index contributed by atoms with van der Waals surface area (Å²) in [5.74, 6) is 1.97. The fourth-order valence-corrected chi connectivity index (χ4v) is 4.26. The molecule has 4 aromatic rings. The molecule has 3 aromatic carbocycles. The Labute approximate surface area is 203 Å². The topological polar surface area (TPSA) is 78.3 Å². The monoisotopic (exact) mass is 474 g/mol. The van der Waals surface area contributed by atoms with E-state index in [1.54, 1.807) is 32.4 Å². The zero-order valence-electron chi connectivity index (χ0n) is 19.3. The third-order valence-electron chi connectivity index (χ3n) is 5.19.